The molecule has 3 rings (SSSR count). The molecule has 0 radical (unpaired) electrons. The van der Waals surface area contributed by atoms with Crippen molar-refractivity contribution in [3.05, 3.63) is 59.5 Å². The van der Waals surface area contributed by atoms with Gasteiger partial charge < -0.3 is 9.84 Å². The molecule has 5 heteroatoms. The summed E-state index contributed by atoms with van der Waals surface area (Å²) in [4.78, 5) is 15.3. The standard InChI is InChI=1S/C20H18FNO3/c1-11-8-14(21)9-12(2)19(11)17-6-7-22-18-10-15(4-5-16(17)18)25-13(3)20(23)24/h4-10,13H,1-3H3,(H,23,24). The molecule has 0 aliphatic heterocycles. The summed E-state index contributed by atoms with van der Waals surface area (Å²) < 4.78 is 19.0. The molecule has 1 heterocycles. The fourth-order valence-electron chi connectivity index (χ4n) is 3.01. The van der Waals surface area contributed by atoms with Crippen LogP contribution in [0.3, 0.4) is 0 Å². The van der Waals surface area contributed by atoms with E-state index in [1.54, 1.807) is 18.3 Å². The molecule has 1 unspecified atom stereocenters. The van der Waals surface area contributed by atoms with E-state index in [0.717, 1.165) is 27.6 Å². The minimum absolute atomic E-state index is 0.254. The van der Waals surface area contributed by atoms with Crippen molar-refractivity contribution in [2.24, 2.45) is 0 Å². The molecule has 0 saturated heterocycles. The van der Waals surface area contributed by atoms with E-state index in [1.165, 1.54) is 19.1 Å². The van der Waals surface area contributed by atoms with Gasteiger partial charge in [0.05, 0.1) is 5.52 Å². The fourth-order valence-corrected chi connectivity index (χ4v) is 3.01. The summed E-state index contributed by atoms with van der Waals surface area (Å²) >= 11 is 0. The van der Waals surface area contributed by atoms with E-state index in [2.05, 4.69) is 4.98 Å². The SMILES string of the molecule is Cc1cc(F)cc(C)c1-c1ccnc2cc(OC(C)C(=O)O)ccc12. The van der Waals surface area contributed by atoms with Crippen LogP contribution in [0.25, 0.3) is 22.0 Å². The van der Waals surface area contributed by atoms with Crippen LogP contribution in [0, 0.1) is 19.7 Å². The van der Waals surface area contributed by atoms with Gasteiger partial charge >= 0.3 is 5.97 Å². The van der Waals surface area contributed by atoms with Gasteiger partial charge in [0.1, 0.15) is 11.6 Å². The summed E-state index contributed by atoms with van der Waals surface area (Å²) in [7, 11) is 0. The summed E-state index contributed by atoms with van der Waals surface area (Å²) in [6, 6.07) is 10.2. The van der Waals surface area contributed by atoms with E-state index in [4.69, 9.17) is 9.84 Å². The van der Waals surface area contributed by atoms with Crippen molar-refractivity contribution >= 4 is 16.9 Å². The first-order chi connectivity index (χ1) is 11.9. The zero-order valence-corrected chi connectivity index (χ0v) is 14.2. The lowest BCUT2D eigenvalue weighted by Gasteiger charge is -2.14. The van der Waals surface area contributed by atoms with E-state index in [1.807, 2.05) is 26.0 Å². The Morgan fingerprint density at radius 3 is 2.48 bits per heavy atom. The number of halogens is 1. The highest BCUT2D eigenvalue weighted by molar-refractivity contribution is 5.96. The van der Waals surface area contributed by atoms with Crippen LogP contribution in [-0.4, -0.2) is 22.2 Å². The number of carbonyl (C=O) groups is 1. The average Bonchev–Trinajstić information content (AvgIpc) is 2.53. The molecule has 128 valence electrons. The smallest absolute Gasteiger partial charge is 0.344 e. The molecule has 1 aromatic heterocycles. The number of carboxylic acid groups (broad SMARTS) is 1. The molecule has 0 amide bonds. The number of hydrogen-bond donors (Lipinski definition) is 1. The zero-order valence-electron chi connectivity index (χ0n) is 14.2. The van der Waals surface area contributed by atoms with Gasteiger partial charge in [-0.05, 0) is 73.4 Å². The van der Waals surface area contributed by atoms with Gasteiger partial charge in [0.15, 0.2) is 6.10 Å². The van der Waals surface area contributed by atoms with E-state index >= 15 is 0 Å². The quantitative estimate of drug-likeness (QED) is 0.760. The normalized spacial score (nSPS) is 12.2. The second-order valence-electron chi connectivity index (χ2n) is 6.05. The number of aliphatic carboxylic acids is 1. The second-order valence-corrected chi connectivity index (χ2v) is 6.05. The van der Waals surface area contributed by atoms with E-state index in [-0.39, 0.29) is 5.82 Å². The number of aryl methyl sites for hydroxylation is 2. The highest BCUT2D eigenvalue weighted by atomic mass is 19.1. The number of carboxylic acids is 1. The Hall–Kier alpha value is -2.95. The van der Waals surface area contributed by atoms with Crippen LogP contribution in [0.2, 0.25) is 0 Å². The first kappa shape index (κ1) is 16.9. The van der Waals surface area contributed by atoms with Gasteiger partial charge in [-0.2, -0.15) is 0 Å². The summed E-state index contributed by atoms with van der Waals surface area (Å²) in [5.74, 6) is -0.838. The molecule has 0 fully saturated rings. The number of rotatable bonds is 4. The molecule has 4 nitrogen and oxygen atoms in total. The Morgan fingerprint density at radius 1 is 1.16 bits per heavy atom. The van der Waals surface area contributed by atoms with Crippen LogP contribution in [0.1, 0.15) is 18.1 Å². The van der Waals surface area contributed by atoms with Crippen LogP contribution < -0.4 is 4.74 Å². The third-order valence-corrected chi connectivity index (χ3v) is 4.14. The van der Waals surface area contributed by atoms with Crippen molar-refractivity contribution in [2.75, 3.05) is 0 Å². The molecule has 0 spiro atoms. The largest absolute Gasteiger partial charge is 0.479 e. The predicted octanol–water partition coefficient (Wildman–Crippen LogP) is 4.51. The van der Waals surface area contributed by atoms with Gasteiger partial charge in [-0.1, -0.05) is 0 Å². The van der Waals surface area contributed by atoms with Crippen molar-refractivity contribution in [3.8, 4) is 16.9 Å². The number of pyridine rings is 1. The molecule has 2 aromatic carbocycles. The summed E-state index contributed by atoms with van der Waals surface area (Å²) in [5, 5.41) is 9.86. The van der Waals surface area contributed by atoms with Crippen LogP contribution in [0.15, 0.2) is 42.6 Å². The van der Waals surface area contributed by atoms with Gasteiger partial charge in [-0.3, -0.25) is 4.98 Å². The number of fused-ring (bicyclic) bond motifs is 1. The Kier molecular flexibility index (Phi) is 4.40. The van der Waals surface area contributed by atoms with Gasteiger partial charge in [-0.15, -0.1) is 0 Å². The van der Waals surface area contributed by atoms with Crippen molar-refractivity contribution in [2.45, 2.75) is 26.9 Å². The van der Waals surface area contributed by atoms with E-state index < -0.39 is 12.1 Å². The number of hydrogen-bond acceptors (Lipinski definition) is 3. The molecular formula is C20H18FNO3. The van der Waals surface area contributed by atoms with Crippen molar-refractivity contribution in [3.63, 3.8) is 0 Å². The lowest BCUT2D eigenvalue weighted by molar-refractivity contribution is -0.144. The van der Waals surface area contributed by atoms with Gasteiger partial charge in [0, 0.05) is 17.6 Å². The van der Waals surface area contributed by atoms with Crippen molar-refractivity contribution in [1.29, 1.82) is 0 Å². The van der Waals surface area contributed by atoms with Crippen molar-refractivity contribution < 1.29 is 19.0 Å². The summed E-state index contributed by atoms with van der Waals surface area (Å²) in [6.07, 6.45) is 0.742. The van der Waals surface area contributed by atoms with Crippen molar-refractivity contribution in [1.82, 2.24) is 4.98 Å². The average molecular weight is 339 g/mol. The lowest BCUT2D eigenvalue weighted by atomic mass is 9.93. The van der Waals surface area contributed by atoms with Crippen LogP contribution in [0.4, 0.5) is 4.39 Å². The number of nitrogens with zero attached hydrogens (tertiary/aromatic N) is 1. The molecule has 25 heavy (non-hydrogen) atoms. The zero-order chi connectivity index (χ0) is 18.1. The van der Waals surface area contributed by atoms with Crippen LogP contribution in [-0.2, 0) is 4.79 Å². The maximum atomic E-state index is 13.6. The molecule has 1 atom stereocenters. The molecule has 0 aliphatic carbocycles. The Labute approximate surface area is 144 Å². The maximum Gasteiger partial charge on any atom is 0.344 e. The van der Waals surface area contributed by atoms with Crippen LogP contribution >= 0.6 is 0 Å². The Balaban J connectivity index is 2.11. The van der Waals surface area contributed by atoms with E-state index in [9.17, 15) is 9.18 Å². The van der Waals surface area contributed by atoms with Crippen LogP contribution in [0.5, 0.6) is 5.75 Å². The lowest BCUT2D eigenvalue weighted by Crippen LogP contribution is -2.22. The number of benzene rings is 2. The summed E-state index contributed by atoms with van der Waals surface area (Å²) in [5.41, 5.74) is 4.32. The summed E-state index contributed by atoms with van der Waals surface area (Å²) in [6.45, 7) is 5.23. The first-order valence-electron chi connectivity index (χ1n) is 7.92. The molecule has 3 aromatic rings. The third kappa shape index (κ3) is 3.31. The first-order valence-corrected chi connectivity index (χ1v) is 7.92. The molecule has 0 bridgehead atoms. The monoisotopic (exact) mass is 339 g/mol. The van der Waals surface area contributed by atoms with Gasteiger partial charge in [0.2, 0.25) is 0 Å². The molecular weight excluding hydrogens is 321 g/mol. The highest BCUT2D eigenvalue weighted by Crippen LogP contribution is 2.34. The topological polar surface area (TPSA) is 59.4 Å². The number of ether oxygens (including phenoxy) is 1. The second kappa shape index (κ2) is 6.51. The third-order valence-electron chi connectivity index (χ3n) is 4.14. The molecule has 0 saturated carbocycles. The Bertz CT molecular complexity index is 945. The highest BCUT2D eigenvalue weighted by Gasteiger charge is 2.15. The van der Waals surface area contributed by atoms with Gasteiger partial charge in [-0.25, -0.2) is 9.18 Å². The minimum atomic E-state index is -1.03. The predicted molar refractivity (Wildman–Crippen MR) is 94.3 cm³/mol. The Morgan fingerprint density at radius 2 is 1.84 bits per heavy atom. The molecule has 0 aliphatic rings. The number of aromatic nitrogens is 1. The fraction of sp³-hybridized carbons (Fsp3) is 0.200. The minimum Gasteiger partial charge on any atom is -0.479 e. The van der Waals surface area contributed by atoms with E-state index in [0.29, 0.717) is 11.3 Å². The molecule has 1 N–H and O–H groups in total. The van der Waals surface area contributed by atoms with Gasteiger partial charge in [0.25, 0.3) is 0 Å². The maximum absolute atomic E-state index is 13.6.